The molecule has 0 spiro atoms. The third-order valence-corrected chi connectivity index (χ3v) is 2.57. The molecular weight excluding hydrogens is 260 g/mol. The van der Waals surface area contributed by atoms with Crippen LogP contribution in [0.15, 0.2) is 36.9 Å². The molecule has 20 heavy (non-hydrogen) atoms. The second kappa shape index (κ2) is 7.96. The largest absolute Gasteiger partial charge is 0.481 e. The van der Waals surface area contributed by atoms with E-state index in [-0.39, 0.29) is 25.6 Å². The van der Waals surface area contributed by atoms with Crippen molar-refractivity contribution in [2.24, 2.45) is 0 Å². The van der Waals surface area contributed by atoms with Crippen LogP contribution in [0.4, 0.5) is 10.5 Å². The fourth-order valence-corrected chi connectivity index (χ4v) is 1.64. The third-order valence-electron chi connectivity index (χ3n) is 2.57. The Labute approximate surface area is 117 Å². The molecule has 0 aliphatic heterocycles. The van der Waals surface area contributed by atoms with Crippen molar-refractivity contribution in [3.63, 3.8) is 0 Å². The summed E-state index contributed by atoms with van der Waals surface area (Å²) in [7, 11) is 0. The van der Waals surface area contributed by atoms with Crippen LogP contribution < -0.4 is 5.32 Å². The van der Waals surface area contributed by atoms with Crippen molar-refractivity contribution >= 4 is 17.7 Å². The van der Waals surface area contributed by atoms with Crippen LogP contribution in [0.25, 0.3) is 0 Å². The van der Waals surface area contributed by atoms with Gasteiger partial charge in [-0.1, -0.05) is 18.2 Å². The van der Waals surface area contributed by atoms with E-state index in [4.69, 9.17) is 10.2 Å². The van der Waals surface area contributed by atoms with Gasteiger partial charge in [0.05, 0.1) is 13.0 Å². The Morgan fingerprint density at radius 3 is 2.45 bits per heavy atom. The zero-order valence-electron chi connectivity index (χ0n) is 11.1. The molecule has 0 atom stereocenters. The van der Waals surface area contributed by atoms with Crippen molar-refractivity contribution < 1.29 is 19.8 Å². The Bertz CT molecular complexity index is 471. The van der Waals surface area contributed by atoms with E-state index in [0.29, 0.717) is 17.8 Å². The summed E-state index contributed by atoms with van der Waals surface area (Å²) >= 11 is 0. The first-order chi connectivity index (χ1) is 9.56. The number of hydrogen-bond donors (Lipinski definition) is 3. The lowest BCUT2D eigenvalue weighted by molar-refractivity contribution is -0.136. The van der Waals surface area contributed by atoms with E-state index in [2.05, 4.69) is 11.9 Å². The summed E-state index contributed by atoms with van der Waals surface area (Å²) in [5.74, 6) is -0.901. The standard InChI is InChI=1S/C14H18N2O4/c1-2-7-16(8-9-17)14(20)15-12-5-3-11(4-6-12)10-13(18)19/h2-6,17H,1,7-10H2,(H,15,20)(H,18,19). The lowest BCUT2D eigenvalue weighted by Gasteiger charge is -2.20. The second-order valence-corrected chi connectivity index (χ2v) is 4.16. The van der Waals surface area contributed by atoms with Gasteiger partial charge in [0.15, 0.2) is 0 Å². The molecule has 0 saturated carbocycles. The van der Waals surface area contributed by atoms with Gasteiger partial charge in [0.25, 0.3) is 0 Å². The van der Waals surface area contributed by atoms with Gasteiger partial charge >= 0.3 is 12.0 Å². The van der Waals surface area contributed by atoms with Crippen LogP contribution in [0.3, 0.4) is 0 Å². The van der Waals surface area contributed by atoms with Crippen LogP contribution in [0, 0.1) is 0 Å². The number of amides is 2. The fourth-order valence-electron chi connectivity index (χ4n) is 1.64. The van der Waals surface area contributed by atoms with Gasteiger partial charge < -0.3 is 20.4 Å². The number of carboxylic acid groups (broad SMARTS) is 1. The van der Waals surface area contributed by atoms with Crippen molar-refractivity contribution in [3.05, 3.63) is 42.5 Å². The topological polar surface area (TPSA) is 89.9 Å². The average Bonchev–Trinajstić information content (AvgIpc) is 2.40. The quantitative estimate of drug-likeness (QED) is 0.656. The predicted octanol–water partition coefficient (Wildman–Crippen LogP) is 1.33. The highest BCUT2D eigenvalue weighted by molar-refractivity contribution is 5.89. The van der Waals surface area contributed by atoms with Crippen molar-refractivity contribution in [1.82, 2.24) is 4.90 Å². The Kier molecular flexibility index (Phi) is 6.25. The van der Waals surface area contributed by atoms with E-state index in [1.54, 1.807) is 30.3 Å². The van der Waals surface area contributed by atoms with Crippen LogP contribution in [0.1, 0.15) is 5.56 Å². The molecule has 0 bridgehead atoms. The molecule has 1 rings (SSSR count). The summed E-state index contributed by atoms with van der Waals surface area (Å²) in [5.41, 5.74) is 1.23. The molecular formula is C14H18N2O4. The number of aliphatic carboxylic acids is 1. The first-order valence-electron chi connectivity index (χ1n) is 6.15. The van der Waals surface area contributed by atoms with Gasteiger partial charge in [0, 0.05) is 18.8 Å². The molecule has 6 heteroatoms. The van der Waals surface area contributed by atoms with Gasteiger partial charge in [-0.05, 0) is 17.7 Å². The number of hydrogen-bond acceptors (Lipinski definition) is 3. The van der Waals surface area contributed by atoms with Crippen molar-refractivity contribution in [2.75, 3.05) is 25.0 Å². The molecule has 2 amide bonds. The SMILES string of the molecule is C=CCN(CCO)C(=O)Nc1ccc(CC(=O)O)cc1. The Morgan fingerprint density at radius 2 is 1.95 bits per heavy atom. The molecule has 3 N–H and O–H groups in total. The summed E-state index contributed by atoms with van der Waals surface area (Å²) in [5, 5.41) is 20.2. The number of carboxylic acids is 1. The highest BCUT2D eigenvalue weighted by atomic mass is 16.4. The summed E-state index contributed by atoms with van der Waals surface area (Å²) < 4.78 is 0. The molecule has 0 aromatic heterocycles. The number of urea groups is 1. The van der Waals surface area contributed by atoms with Gasteiger partial charge in [0.1, 0.15) is 0 Å². The van der Waals surface area contributed by atoms with E-state index in [1.807, 2.05) is 0 Å². The van der Waals surface area contributed by atoms with E-state index in [9.17, 15) is 9.59 Å². The highest BCUT2D eigenvalue weighted by Gasteiger charge is 2.11. The first kappa shape index (κ1) is 15.7. The third kappa shape index (κ3) is 5.11. The Hall–Kier alpha value is -2.34. The maximum atomic E-state index is 11.9. The van der Waals surface area contributed by atoms with E-state index in [1.165, 1.54) is 4.90 Å². The van der Waals surface area contributed by atoms with Crippen molar-refractivity contribution in [2.45, 2.75) is 6.42 Å². The number of nitrogens with one attached hydrogen (secondary N) is 1. The molecule has 1 aromatic rings. The maximum Gasteiger partial charge on any atom is 0.322 e. The molecule has 0 unspecified atom stereocenters. The second-order valence-electron chi connectivity index (χ2n) is 4.16. The van der Waals surface area contributed by atoms with Gasteiger partial charge in [-0.25, -0.2) is 4.79 Å². The molecule has 0 fully saturated rings. The van der Waals surface area contributed by atoms with E-state index >= 15 is 0 Å². The Morgan fingerprint density at radius 1 is 1.30 bits per heavy atom. The zero-order valence-corrected chi connectivity index (χ0v) is 11.1. The normalized spacial score (nSPS) is 9.85. The molecule has 0 aliphatic carbocycles. The van der Waals surface area contributed by atoms with Crippen LogP contribution >= 0.6 is 0 Å². The minimum Gasteiger partial charge on any atom is -0.481 e. The number of aliphatic hydroxyl groups is 1. The van der Waals surface area contributed by atoms with Crippen molar-refractivity contribution in [3.8, 4) is 0 Å². The predicted molar refractivity (Wildman–Crippen MR) is 75.7 cm³/mol. The van der Waals surface area contributed by atoms with Crippen LogP contribution in [0.2, 0.25) is 0 Å². The minimum absolute atomic E-state index is 0.0542. The molecule has 0 radical (unpaired) electrons. The van der Waals surface area contributed by atoms with Gasteiger partial charge in [-0.3, -0.25) is 4.79 Å². The van der Waals surface area contributed by atoms with E-state index < -0.39 is 5.97 Å². The lowest BCUT2D eigenvalue weighted by Crippen LogP contribution is -2.37. The number of carbonyl (C=O) groups is 2. The first-order valence-corrected chi connectivity index (χ1v) is 6.15. The average molecular weight is 278 g/mol. The smallest absolute Gasteiger partial charge is 0.322 e. The van der Waals surface area contributed by atoms with Gasteiger partial charge in [0.2, 0.25) is 0 Å². The number of carbonyl (C=O) groups excluding carboxylic acids is 1. The molecule has 1 aromatic carbocycles. The van der Waals surface area contributed by atoms with Gasteiger partial charge in [-0.2, -0.15) is 0 Å². The Balaban J connectivity index is 2.64. The van der Waals surface area contributed by atoms with Gasteiger partial charge in [-0.15, -0.1) is 6.58 Å². The number of nitrogens with zero attached hydrogens (tertiary/aromatic N) is 1. The molecule has 108 valence electrons. The van der Waals surface area contributed by atoms with Crippen LogP contribution in [0.5, 0.6) is 0 Å². The van der Waals surface area contributed by atoms with Crippen LogP contribution in [-0.2, 0) is 11.2 Å². The number of anilines is 1. The molecule has 0 heterocycles. The molecule has 6 nitrogen and oxygen atoms in total. The molecule has 0 aliphatic rings. The monoisotopic (exact) mass is 278 g/mol. The highest BCUT2D eigenvalue weighted by Crippen LogP contribution is 2.11. The summed E-state index contributed by atoms with van der Waals surface area (Å²) in [6.45, 7) is 3.98. The fraction of sp³-hybridized carbons (Fsp3) is 0.286. The minimum atomic E-state index is -0.901. The summed E-state index contributed by atoms with van der Waals surface area (Å²) in [6.07, 6.45) is 1.52. The number of rotatable bonds is 7. The van der Waals surface area contributed by atoms with Crippen LogP contribution in [-0.4, -0.2) is 46.8 Å². The van der Waals surface area contributed by atoms with Crippen molar-refractivity contribution in [1.29, 1.82) is 0 Å². The number of benzene rings is 1. The molecule has 0 saturated heterocycles. The zero-order chi connectivity index (χ0) is 15.0. The summed E-state index contributed by atoms with van der Waals surface area (Å²) in [6, 6.07) is 6.23. The lowest BCUT2D eigenvalue weighted by atomic mass is 10.1. The maximum absolute atomic E-state index is 11.9. The van der Waals surface area contributed by atoms with E-state index in [0.717, 1.165) is 0 Å². The number of aliphatic hydroxyl groups excluding tert-OH is 1. The summed E-state index contributed by atoms with van der Waals surface area (Å²) in [4.78, 5) is 23.9.